The number of alkyl halides is 6. The number of halogens is 7. The molecule has 0 saturated heterocycles. The summed E-state index contributed by atoms with van der Waals surface area (Å²) in [6.07, 6.45) is -9.74. The van der Waals surface area contributed by atoms with E-state index in [0.29, 0.717) is 6.07 Å². The molecule has 0 amide bonds. The van der Waals surface area contributed by atoms with Gasteiger partial charge in [-0.2, -0.15) is 26.3 Å². The van der Waals surface area contributed by atoms with Crippen LogP contribution in [0, 0.1) is 0 Å². The van der Waals surface area contributed by atoms with Crippen LogP contribution in [0.3, 0.4) is 0 Å². The Morgan fingerprint density at radius 1 is 0.762 bits per heavy atom. The van der Waals surface area contributed by atoms with Crippen LogP contribution in [0.4, 0.5) is 26.3 Å². The van der Waals surface area contributed by atoms with Crippen molar-refractivity contribution in [3.05, 3.63) is 58.6 Å². The molecule has 0 aromatic heterocycles. The van der Waals surface area contributed by atoms with Gasteiger partial charge in [-0.1, -0.05) is 29.8 Å². The second kappa shape index (κ2) is 5.26. The second-order valence-corrected chi connectivity index (χ2v) is 4.70. The van der Waals surface area contributed by atoms with Gasteiger partial charge >= 0.3 is 12.4 Å². The molecule has 0 aliphatic heterocycles. The Hall–Kier alpha value is -1.69. The lowest BCUT2D eigenvalue weighted by atomic mass is 9.97. The molecule has 0 atom stereocenters. The Kier molecular flexibility index (Phi) is 3.93. The van der Waals surface area contributed by atoms with Crippen molar-refractivity contribution in [2.75, 3.05) is 0 Å². The van der Waals surface area contributed by atoms with Crippen LogP contribution in [0.25, 0.3) is 11.1 Å². The van der Waals surface area contributed by atoms with E-state index in [1.807, 2.05) is 0 Å². The normalized spacial score (nSPS) is 12.5. The van der Waals surface area contributed by atoms with Crippen molar-refractivity contribution in [2.24, 2.45) is 0 Å². The Balaban J connectivity index is 2.67. The summed E-state index contributed by atoms with van der Waals surface area (Å²) in [7, 11) is 0. The molecule has 2 aromatic rings. The maximum Gasteiger partial charge on any atom is 0.417 e. The van der Waals surface area contributed by atoms with Crippen LogP contribution in [-0.2, 0) is 12.4 Å². The minimum absolute atomic E-state index is 0.101. The van der Waals surface area contributed by atoms with Crippen molar-refractivity contribution in [1.29, 1.82) is 0 Å². The summed E-state index contributed by atoms with van der Waals surface area (Å²) in [5.74, 6) is 0. The van der Waals surface area contributed by atoms with Gasteiger partial charge in [0.1, 0.15) is 0 Å². The molecule has 2 aromatic carbocycles. The molecule has 21 heavy (non-hydrogen) atoms. The van der Waals surface area contributed by atoms with Crippen molar-refractivity contribution in [3.8, 4) is 11.1 Å². The quantitative estimate of drug-likeness (QED) is 0.561. The molecule has 0 unspecified atom stereocenters. The first-order valence-corrected chi connectivity index (χ1v) is 6.01. The molecule has 0 nitrogen and oxygen atoms in total. The summed E-state index contributed by atoms with van der Waals surface area (Å²) in [5.41, 5.74) is -2.94. The highest BCUT2D eigenvalue weighted by molar-refractivity contribution is 6.30. The minimum atomic E-state index is -4.90. The molecule has 0 fully saturated rings. The summed E-state index contributed by atoms with van der Waals surface area (Å²) >= 11 is 5.70. The van der Waals surface area contributed by atoms with Crippen LogP contribution in [0.15, 0.2) is 42.5 Å². The molecule has 0 heterocycles. The number of hydrogen-bond acceptors (Lipinski definition) is 0. The maximum absolute atomic E-state index is 13.0. The van der Waals surface area contributed by atoms with Crippen molar-refractivity contribution >= 4 is 11.6 Å². The van der Waals surface area contributed by atoms with Crippen molar-refractivity contribution < 1.29 is 26.3 Å². The molecule has 0 radical (unpaired) electrons. The van der Waals surface area contributed by atoms with E-state index in [2.05, 4.69) is 0 Å². The van der Waals surface area contributed by atoms with Gasteiger partial charge in [-0.3, -0.25) is 0 Å². The first-order chi connectivity index (χ1) is 9.59. The fourth-order valence-electron chi connectivity index (χ4n) is 1.86. The summed E-state index contributed by atoms with van der Waals surface area (Å²) in [6, 6.07) is 7.03. The van der Waals surface area contributed by atoms with E-state index in [1.54, 1.807) is 0 Å². The fraction of sp³-hybridized carbons (Fsp3) is 0.143. The molecule has 0 aliphatic carbocycles. The van der Waals surface area contributed by atoms with E-state index < -0.39 is 23.5 Å². The highest BCUT2D eigenvalue weighted by Crippen LogP contribution is 2.41. The molecule has 0 saturated carbocycles. The third kappa shape index (κ3) is 3.50. The summed E-state index contributed by atoms with van der Waals surface area (Å²) in [5, 5.41) is 0.195. The Labute approximate surface area is 121 Å². The lowest BCUT2D eigenvalue weighted by Crippen LogP contribution is -2.12. The van der Waals surface area contributed by atoms with Crippen LogP contribution >= 0.6 is 11.6 Å². The van der Waals surface area contributed by atoms with Gasteiger partial charge in [0.15, 0.2) is 0 Å². The molecule has 0 N–H and O–H groups in total. The van der Waals surface area contributed by atoms with Crippen molar-refractivity contribution in [2.45, 2.75) is 12.4 Å². The molecule has 0 aliphatic rings. The number of benzene rings is 2. The van der Waals surface area contributed by atoms with Gasteiger partial charge in [0.25, 0.3) is 0 Å². The zero-order valence-corrected chi connectivity index (χ0v) is 10.9. The highest BCUT2D eigenvalue weighted by atomic mass is 35.5. The van der Waals surface area contributed by atoms with E-state index in [0.717, 1.165) is 6.07 Å². The van der Waals surface area contributed by atoms with Crippen LogP contribution in [0.1, 0.15) is 11.1 Å². The largest absolute Gasteiger partial charge is 0.417 e. The van der Waals surface area contributed by atoms with E-state index in [1.165, 1.54) is 24.3 Å². The van der Waals surface area contributed by atoms with Crippen LogP contribution < -0.4 is 0 Å². The van der Waals surface area contributed by atoms with Crippen LogP contribution in [0.2, 0.25) is 5.02 Å². The average molecular weight is 325 g/mol. The smallest absolute Gasteiger partial charge is 0.166 e. The van der Waals surface area contributed by atoms with E-state index in [-0.39, 0.29) is 22.2 Å². The SMILES string of the molecule is FC(F)(F)c1ccc(-c2cccc(Cl)c2)c(C(F)(F)F)c1. The van der Waals surface area contributed by atoms with Gasteiger partial charge in [0, 0.05) is 5.02 Å². The van der Waals surface area contributed by atoms with Gasteiger partial charge in [-0.15, -0.1) is 0 Å². The van der Waals surface area contributed by atoms with Crippen molar-refractivity contribution in [3.63, 3.8) is 0 Å². The third-order valence-electron chi connectivity index (χ3n) is 2.79. The van der Waals surface area contributed by atoms with Crippen LogP contribution in [-0.4, -0.2) is 0 Å². The summed E-state index contributed by atoms with van der Waals surface area (Å²) in [6.45, 7) is 0. The number of hydrogen-bond donors (Lipinski definition) is 0. The molecule has 7 heteroatoms. The Morgan fingerprint density at radius 3 is 1.95 bits per heavy atom. The van der Waals surface area contributed by atoms with Gasteiger partial charge < -0.3 is 0 Å². The van der Waals surface area contributed by atoms with Gasteiger partial charge in [-0.05, 0) is 35.4 Å². The van der Waals surface area contributed by atoms with Crippen LogP contribution in [0.5, 0.6) is 0 Å². The van der Waals surface area contributed by atoms with E-state index >= 15 is 0 Å². The summed E-state index contributed by atoms with van der Waals surface area (Å²) < 4.78 is 76.7. The molecular formula is C14H7ClF6. The van der Waals surface area contributed by atoms with Crippen molar-refractivity contribution in [1.82, 2.24) is 0 Å². The van der Waals surface area contributed by atoms with Gasteiger partial charge in [0.2, 0.25) is 0 Å². The molecule has 2 rings (SSSR count). The predicted octanol–water partition coefficient (Wildman–Crippen LogP) is 6.04. The second-order valence-electron chi connectivity index (χ2n) is 4.27. The molecule has 0 bridgehead atoms. The highest BCUT2D eigenvalue weighted by Gasteiger charge is 2.38. The standard InChI is InChI=1S/C14H7ClF6/c15-10-3-1-2-8(6-10)11-5-4-9(13(16,17)18)7-12(11)14(19,20)21/h1-7H. The molecule has 0 spiro atoms. The third-order valence-corrected chi connectivity index (χ3v) is 3.02. The minimum Gasteiger partial charge on any atom is -0.166 e. The van der Waals surface area contributed by atoms with E-state index in [4.69, 9.17) is 11.6 Å². The molecule has 112 valence electrons. The number of rotatable bonds is 1. The maximum atomic E-state index is 13.0. The van der Waals surface area contributed by atoms with Gasteiger partial charge in [0.05, 0.1) is 11.1 Å². The monoisotopic (exact) mass is 324 g/mol. The Morgan fingerprint density at radius 2 is 1.43 bits per heavy atom. The first-order valence-electron chi connectivity index (χ1n) is 5.63. The Bertz CT molecular complexity index is 657. The lowest BCUT2D eigenvalue weighted by molar-refractivity contribution is -0.142. The first kappa shape index (κ1) is 15.7. The molecular weight excluding hydrogens is 318 g/mol. The summed E-state index contributed by atoms with van der Waals surface area (Å²) in [4.78, 5) is 0. The predicted molar refractivity (Wildman–Crippen MR) is 66.9 cm³/mol. The van der Waals surface area contributed by atoms with Gasteiger partial charge in [-0.25, -0.2) is 0 Å². The zero-order chi connectivity index (χ0) is 15.8. The zero-order valence-electron chi connectivity index (χ0n) is 10.2. The topological polar surface area (TPSA) is 0 Å². The lowest BCUT2D eigenvalue weighted by Gasteiger charge is -2.16. The fourth-order valence-corrected chi connectivity index (χ4v) is 2.05. The average Bonchev–Trinajstić information content (AvgIpc) is 2.36. The van der Waals surface area contributed by atoms with E-state index in [9.17, 15) is 26.3 Å².